The van der Waals surface area contributed by atoms with Gasteiger partial charge in [-0.3, -0.25) is 9.59 Å². The number of piperidine rings is 1. The highest BCUT2D eigenvalue weighted by atomic mass is 32.2. The van der Waals surface area contributed by atoms with Crippen LogP contribution in [-0.2, 0) is 17.1 Å². The monoisotopic (exact) mass is 467 g/mol. The number of nitrogens with zero attached hydrogens (tertiary/aromatic N) is 2. The van der Waals surface area contributed by atoms with Crippen LogP contribution in [0.25, 0.3) is 0 Å². The number of ether oxygens (including phenoxy) is 1. The second-order valence-corrected chi connectivity index (χ2v) is 9.79. The minimum absolute atomic E-state index is 0.0732. The van der Waals surface area contributed by atoms with Gasteiger partial charge in [0, 0.05) is 38.0 Å². The molecule has 1 aliphatic rings. The lowest BCUT2D eigenvalue weighted by Crippen LogP contribution is -2.35. The van der Waals surface area contributed by atoms with Gasteiger partial charge in [0.1, 0.15) is 5.75 Å². The molecule has 0 atom stereocenters. The van der Waals surface area contributed by atoms with Crippen molar-refractivity contribution in [3.8, 4) is 11.5 Å². The molecule has 0 radical (unpaired) electrons. The Labute approximate surface area is 192 Å². The summed E-state index contributed by atoms with van der Waals surface area (Å²) in [6.07, 6.45) is 4.14. The molecule has 0 spiro atoms. The Balaban J connectivity index is 1.70. The quantitative estimate of drug-likeness (QED) is 0.597. The first kappa shape index (κ1) is 22.8. The maximum absolute atomic E-state index is 13.2. The van der Waals surface area contributed by atoms with E-state index in [1.54, 1.807) is 19.2 Å². The van der Waals surface area contributed by atoms with E-state index in [9.17, 15) is 18.0 Å². The van der Waals surface area contributed by atoms with Gasteiger partial charge in [-0.1, -0.05) is 24.6 Å². The van der Waals surface area contributed by atoms with Crippen molar-refractivity contribution in [1.82, 2.24) is 8.87 Å². The fraction of sp³-hybridized carbons (Fsp3) is 0.250. The van der Waals surface area contributed by atoms with Crippen LogP contribution in [0.15, 0.2) is 76.6 Å². The maximum atomic E-state index is 13.2. The molecule has 0 saturated carbocycles. The number of hydrogen-bond donors (Lipinski definition) is 1. The first-order valence-electron chi connectivity index (χ1n) is 10.7. The second-order valence-electron chi connectivity index (χ2n) is 7.86. The number of hydrogen-bond acceptors (Lipinski definition) is 5. The van der Waals surface area contributed by atoms with E-state index in [0.29, 0.717) is 18.8 Å². The number of benzene rings is 2. The van der Waals surface area contributed by atoms with Gasteiger partial charge in [0.2, 0.25) is 10.0 Å². The third kappa shape index (κ3) is 5.15. The zero-order chi connectivity index (χ0) is 23.4. The maximum Gasteiger partial charge on any atom is 0.256 e. The van der Waals surface area contributed by atoms with E-state index < -0.39 is 15.9 Å². The van der Waals surface area contributed by atoms with Gasteiger partial charge < -0.3 is 14.6 Å². The minimum Gasteiger partial charge on any atom is -0.455 e. The SMILES string of the molecule is Cn1ccc(C(=O)Nc2cc(S(=O)(=O)N3CCCCC3)ccc2Oc2ccccc2)cc1=O. The summed E-state index contributed by atoms with van der Waals surface area (Å²) < 4.78 is 35.1. The van der Waals surface area contributed by atoms with E-state index in [2.05, 4.69) is 5.32 Å². The van der Waals surface area contributed by atoms with Crippen LogP contribution in [0.2, 0.25) is 0 Å². The number of amides is 1. The highest BCUT2D eigenvalue weighted by Crippen LogP contribution is 2.33. The van der Waals surface area contributed by atoms with Crippen LogP contribution in [0.4, 0.5) is 5.69 Å². The molecule has 8 nitrogen and oxygen atoms in total. The lowest BCUT2D eigenvalue weighted by atomic mass is 10.2. The number of carbonyl (C=O) groups is 1. The van der Waals surface area contributed by atoms with Gasteiger partial charge in [-0.15, -0.1) is 0 Å². The summed E-state index contributed by atoms with van der Waals surface area (Å²) >= 11 is 0. The lowest BCUT2D eigenvalue weighted by Gasteiger charge is -2.26. The van der Waals surface area contributed by atoms with Crippen LogP contribution in [0.1, 0.15) is 29.6 Å². The second kappa shape index (κ2) is 9.60. The van der Waals surface area contributed by atoms with Gasteiger partial charge in [-0.2, -0.15) is 4.31 Å². The number of para-hydroxylation sites is 1. The van der Waals surface area contributed by atoms with Gasteiger partial charge >= 0.3 is 0 Å². The van der Waals surface area contributed by atoms with E-state index in [0.717, 1.165) is 19.3 Å². The van der Waals surface area contributed by atoms with Crippen molar-refractivity contribution in [3.05, 3.63) is 82.8 Å². The molecular formula is C24H25N3O5S. The molecule has 9 heteroatoms. The summed E-state index contributed by atoms with van der Waals surface area (Å²) in [7, 11) is -2.13. The number of aryl methyl sites for hydroxylation is 1. The number of sulfonamides is 1. The van der Waals surface area contributed by atoms with E-state index in [-0.39, 0.29) is 27.5 Å². The molecular weight excluding hydrogens is 442 g/mol. The molecule has 0 aliphatic carbocycles. The number of aromatic nitrogens is 1. The van der Waals surface area contributed by atoms with Crippen LogP contribution in [0.3, 0.4) is 0 Å². The van der Waals surface area contributed by atoms with Crippen LogP contribution < -0.4 is 15.6 Å². The zero-order valence-electron chi connectivity index (χ0n) is 18.2. The molecule has 1 N–H and O–H groups in total. The molecule has 0 unspecified atom stereocenters. The van der Waals surface area contributed by atoms with Crippen LogP contribution >= 0.6 is 0 Å². The van der Waals surface area contributed by atoms with Crippen LogP contribution in [-0.4, -0.2) is 36.3 Å². The fourth-order valence-electron chi connectivity index (χ4n) is 3.61. The Kier molecular flexibility index (Phi) is 6.62. The summed E-state index contributed by atoms with van der Waals surface area (Å²) in [4.78, 5) is 24.9. The average Bonchev–Trinajstić information content (AvgIpc) is 2.83. The summed E-state index contributed by atoms with van der Waals surface area (Å²) in [6.45, 7) is 0.944. The Morgan fingerprint density at radius 1 is 0.970 bits per heavy atom. The van der Waals surface area contributed by atoms with Gasteiger partial charge in [0.05, 0.1) is 10.6 Å². The van der Waals surface area contributed by atoms with Gasteiger partial charge in [-0.05, 0) is 49.2 Å². The van der Waals surface area contributed by atoms with E-state index in [1.165, 1.54) is 45.4 Å². The van der Waals surface area contributed by atoms with Crippen molar-refractivity contribution in [2.45, 2.75) is 24.2 Å². The lowest BCUT2D eigenvalue weighted by molar-refractivity contribution is 0.102. The van der Waals surface area contributed by atoms with Gasteiger partial charge in [0.25, 0.3) is 11.5 Å². The molecule has 2 aromatic carbocycles. The Morgan fingerprint density at radius 3 is 2.39 bits per heavy atom. The molecule has 0 bridgehead atoms. The minimum atomic E-state index is -3.71. The van der Waals surface area contributed by atoms with Gasteiger partial charge in [-0.25, -0.2) is 8.42 Å². The van der Waals surface area contributed by atoms with E-state index in [4.69, 9.17) is 4.74 Å². The van der Waals surface area contributed by atoms with Crippen LogP contribution in [0, 0.1) is 0 Å². The van der Waals surface area contributed by atoms with Crippen molar-refractivity contribution in [1.29, 1.82) is 0 Å². The van der Waals surface area contributed by atoms with E-state index >= 15 is 0 Å². The molecule has 33 heavy (non-hydrogen) atoms. The van der Waals surface area contributed by atoms with Crippen LogP contribution in [0.5, 0.6) is 11.5 Å². The molecule has 1 saturated heterocycles. The third-order valence-electron chi connectivity index (χ3n) is 5.49. The number of rotatable bonds is 6. The molecule has 1 fully saturated rings. The predicted octanol–water partition coefficient (Wildman–Crippen LogP) is 3.60. The third-order valence-corrected chi connectivity index (χ3v) is 7.38. The van der Waals surface area contributed by atoms with Crippen molar-refractivity contribution >= 4 is 21.6 Å². The number of carbonyl (C=O) groups excluding carboxylic acids is 1. The average molecular weight is 468 g/mol. The normalized spacial score (nSPS) is 14.6. The molecule has 1 aromatic heterocycles. The molecule has 2 heterocycles. The Morgan fingerprint density at radius 2 is 1.70 bits per heavy atom. The number of anilines is 1. The summed E-state index contributed by atoms with van der Waals surface area (Å²) in [5, 5.41) is 2.71. The molecule has 4 rings (SSSR count). The molecule has 1 amide bonds. The number of pyridine rings is 1. The topological polar surface area (TPSA) is 97.7 Å². The first-order chi connectivity index (χ1) is 15.8. The highest BCUT2D eigenvalue weighted by molar-refractivity contribution is 7.89. The van der Waals surface area contributed by atoms with Crippen molar-refractivity contribution in [3.63, 3.8) is 0 Å². The fourth-order valence-corrected chi connectivity index (χ4v) is 5.15. The Bertz CT molecular complexity index is 1310. The first-order valence-corrected chi connectivity index (χ1v) is 12.1. The van der Waals surface area contributed by atoms with Crippen molar-refractivity contribution < 1.29 is 17.9 Å². The predicted molar refractivity (Wildman–Crippen MR) is 125 cm³/mol. The number of nitrogens with one attached hydrogen (secondary N) is 1. The molecule has 3 aromatic rings. The summed E-state index contributed by atoms with van der Waals surface area (Å²) in [5.41, 5.74) is 0.0282. The van der Waals surface area contributed by atoms with E-state index in [1.807, 2.05) is 18.2 Å². The summed E-state index contributed by atoms with van der Waals surface area (Å²) in [5.74, 6) is 0.280. The van der Waals surface area contributed by atoms with Crippen molar-refractivity contribution in [2.24, 2.45) is 7.05 Å². The van der Waals surface area contributed by atoms with Gasteiger partial charge in [0.15, 0.2) is 5.75 Å². The van der Waals surface area contributed by atoms with Crippen molar-refractivity contribution in [2.75, 3.05) is 18.4 Å². The zero-order valence-corrected chi connectivity index (χ0v) is 19.0. The molecule has 1 aliphatic heterocycles. The highest BCUT2D eigenvalue weighted by Gasteiger charge is 2.27. The largest absolute Gasteiger partial charge is 0.455 e. The molecule has 172 valence electrons. The summed E-state index contributed by atoms with van der Waals surface area (Å²) in [6, 6.07) is 16.1. The smallest absolute Gasteiger partial charge is 0.256 e. The standard InChI is InChI=1S/C24H25N3O5S/c1-26-15-12-18(16-23(26)28)24(29)25-21-17-20(33(30,31)27-13-6-3-7-14-27)10-11-22(21)32-19-8-4-2-5-9-19/h2,4-5,8-12,15-17H,3,6-7,13-14H2,1H3,(H,25,29). The Hall–Kier alpha value is -3.43.